The summed E-state index contributed by atoms with van der Waals surface area (Å²) < 4.78 is 0. The Morgan fingerprint density at radius 1 is 0.400 bits per heavy atom. The van der Waals surface area contributed by atoms with E-state index in [9.17, 15) is 0 Å². The Balaban J connectivity index is 0. The van der Waals surface area contributed by atoms with Gasteiger partial charge in [-0.05, 0) is 0 Å². The van der Waals surface area contributed by atoms with Gasteiger partial charge in [0.1, 0.15) is 0 Å². The van der Waals surface area contributed by atoms with Gasteiger partial charge in [0.05, 0.1) is 0 Å². The van der Waals surface area contributed by atoms with Gasteiger partial charge >= 0.3 is 17.1 Å². The van der Waals surface area contributed by atoms with Crippen LogP contribution in [0.15, 0.2) is 0 Å². The molecule has 0 aromatic heterocycles. The summed E-state index contributed by atoms with van der Waals surface area (Å²) in [4.78, 5) is 0. The average Bonchev–Trinajstić information content (AvgIpc) is 0. The van der Waals surface area contributed by atoms with Crippen LogP contribution in [-0.4, -0.2) is 17.1 Å². The fourth-order valence-electron chi connectivity index (χ4n) is 0. The van der Waals surface area contributed by atoms with Gasteiger partial charge in [-0.2, -0.15) is 0 Å². The Morgan fingerprint density at radius 2 is 0.400 bits per heavy atom. The van der Waals surface area contributed by atoms with E-state index in [0.29, 0.717) is 0 Å². The van der Waals surface area contributed by atoms with Crippen LogP contribution in [0.5, 0.6) is 0 Å². The van der Waals surface area contributed by atoms with E-state index in [1.54, 1.807) is 0 Å². The molecule has 0 radical (unpaired) electrons. The Hall–Kier alpha value is 1.68. The third-order valence-corrected chi connectivity index (χ3v) is 0. The van der Waals surface area contributed by atoms with Crippen molar-refractivity contribution in [1.82, 2.24) is 0 Å². The first kappa shape index (κ1) is 76.4. The third-order valence-electron chi connectivity index (χ3n) is 0. The van der Waals surface area contributed by atoms with E-state index in [2.05, 4.69) is 0 Å². The van der Waals surface area contributed by atoms with Crippen molar-refractivity contribution in [3.8, 4) is 0 Å². The van der Waals surface area contributed by atoms with E-state index in [-0.39, 0.29) is 66.7 Å². The third kappa shape index (κ3) is 27.3. The predicted octanol–water partition coefficient (Wildman–Crippen LogP) is 0.771. The summed E-state index contributed by atoms with van der Waals surface area (Å²) in [7, 11) is 0. The van der Waals surface area contributed by atoms with Crippen molar-refractivity contribution in [2.75, 3.05) is 0 Å². The van der Waals surface area contributed by atoms with Crippen molar-refractivity contribution < 1.29 is 0 Å². The number of hydrogen-bond donors (Lipinski definition) is 0. The van der Waals surface area contributed by atoms with Gasteiger partial charge in [-0.3, -0.25) is 0 Å². The second kappa shape index (κ2) is 44.1. The van der Waals surface area contributed by atoms with Gasteiger partial charge in [0, 0.05) is 0 Å². The van der Waals surface area contributed by atoms with Crippen molar-refractivity contribution in [3.05, 3.63) is 0 Å². The molecule has 0 bridgehead atoms. The van der Waals surface area contributed by atoms with Gasteiger partial charge in [0.2, 0.25) is 0 Å². The number of rotatable bonds is 0. The monoisotopic (exact) mass is 226 g/mol. The van der Waals surface area contributed by atoms with Crippen LogP contribution in [0.2, 0.25) is 0 Å². The quantitative estimate of drug-likeness (QED) is 0.536. The molecule has 0 aliphatic carbocycles. The van der Waals surface area contributed by atoms with E-state index in [0.717, 1.165) is 0 Å². The Labute approximate surface area is 66.6 Å². The second-order valence-corrected chi connectivity index (χ2v) is 0. The molecule has 0 amide bonds. The second-order valence-electron chi connectivity index (χ2n) is 0. The van der Waals surface area contributed by atoms with Crippen LogP contribution < -0.4 is 0 Å². The van der Waals surface area contributed by atoms with Crippen molar-refractivity contribution in [2.45, 2.75) is 0 Å². The summed E-state index contributed by atoms with van der Waals surface area (Å²) in [5, 5.41) is 0. The Morgan fingerprint density at radius 3 is 0.400 bits per heavy atom. The zero-order valence-corrected chi connectivity index (χ0v) is 7.50. The molecule has 0 heterocycles. The summed E-state index contributed by atoms with van der Waals surface area (Å²) in [5.74, 6) is 0. The average molecular weight is 227 g/mol. The summed E-state index contributed by atoms with van der Waals surface area (Å²) >= 11 is 0. The summed E-state index contributed by atoms with van der Waals surface area (Å²) in [6.45, 7) is 0. The van der Waals surface area contributed by atoms with Crippen molar-refractivity contribution in [2.24, 2.45) is 0 Å². The molecular formula is H6Cl4Se. The van der Waals surface area contributed by atoms with Crippen LogP contribution in [0.1, 0.15) is 0 Å². The molecule has 0 spiro atoms. The molecule has 40 valence electrons. The normalized spacial score (nSPS) is 0. The molecule has 0 atom stereocenters. The van der Waals surface area contributed by atoms with E-state index >= 15 is 0 Å². The number of hydrogen-bond acceptors (Lipinski definition) is 0. The first-order valence-corrected chi connectivity index (χ1v) is 0. The van der Waals surface area contributed by atoms with E-state index in [4.69, 9.17) is 0 Å². The standard InChI is InChI=1S/4ClH.H2Se/h4*1H;1H2. The van der Waals surface area contributed by atoms with Crippen molar-refractivity contribution >= 4 is 66.7 Å². The van der Waals surface area contributed by atoms with Crippen LogP contribution in [0.3, 0.4) is 0 Å². The molecule has 0 unspecified atom stereocenters. The van der Waals surface area contributed by atoms with E-state index < -0.39 is 0 Å². The molecule has 0 aliphatic rings. The van der Waals surface area contributed by atoms with Crippen LogP contribution in [0.25, 0.3) is 0 Å². The topological polar surface area (TPSA) is 0 Å². The summed E-state index contributed by atoms with van der Waals surface area (Å²) in [5.41, 5.74) is 0. The zero-order chi connectivity index (χ0) is 0. The molecule has 0 aliphatic heterocycles. The Bertz CT molecular complexity index is 3.61. The number of halogens is 4. The van der Waals surface area contributed by atoms with Crippen LogP contribution in [-0.2, 0) is 0 Å². The van der Waals surface area contributed by atoms with Crippen LogP contribution in [0, 0.1) is 0 Å². The van der Waals surface area contributed by atoms with Crippen LogP contribution in [0.4, 0.5) is 0 Å². The maximum atomic E-state index is 0. The molecule has 5 heavy (non-hydrogen) atoms. The molecular weight excluding hydrogens is 221 g/mol. The molecule has 0 rings (SSSR count). The van der Waals surface area contributed by atoms with Gasteiger partial charge in [0.15, 0.2) is 0 Å². The molecule has 0 nitrogen and oxygen atoms in total. The molecule has 0 N–H and O–H groups in total. The SMILES string of the molecule is Cl.Cl.Cl.Cl.[SeH2]. The van der Waals surface area contributed by atoms with Gasteiger partial charge in [-0.25, -0.2) is 0 Å². The van der Waals surface area contributed by atoms with Gasteiger partial charge in [-0.15, -0.1) is 49.6 Å². The molecule has 0 aromatic carbocycles. The zero-order valence-electron chi connectivity index (χ0n) is 2.13. The molecule has 0 aromatic rings. The Kier molecular flexibility index (Phi) is 674. The summed E-state index contributed by atoms with van der Waals surface area (Å²) in [6, 6.07) is 0. The minimum absolute atomic E-state index is 0. The fraction of sp³-hybridized carbons (Fsp3) is 0. The van der Waals surface area contributed by atoms with Gasteiger partial charge < -0.3 is 0 Å². The van der Waals surface area contributed by atoms with Crippen molar-refractivity contribution in [1.29, 1.82) is 0 Å². The molecule has 0 saturated heterocycles. The van der Waals surface area contributed by atoms with Gasteiger partial charge in [-0.1, -0.05) is 0 Å². The molecule has 0 saturated carbocycles. The van der Waals surface area contributed by atoms with Crippen LogP contribution >= 0.6 is 49.6 Å². The van der Waals surface area contributed by atoms with E-state index in [1.807, 2.05) is 0 Å². The minimum atomic E-state index is 0. The molecule has 0 fully saturated rings. The van der Waals surface area contributed by atoms with E-state index in [1.165, 1.54) is 0 Å². The fourth-order valence-corrected chi connectivity index (χ4v) is 0. The van der Waals surface area contributed by atoms with Crippen molar-refractivity contribution in [3.63, 3.8) is 0 Å². The van der Waals surface area contributed by atoms with Gasteiger partial charge in [0.25, 0.3) is 0 Å². The first-order chi connectivity index (χ1) is 0. The predicted molar refractivity (Wildman–Crippen MR) is 37.5 cm³/mol. The first-order valence-electron chi connectivity index (χ1n) is 0. The maximum absolute atomic E-state index is 0. The summed E-state index contributed by atoms with van der Waals surface area (Å²) in [6.07, 6.45) is 0. The molecule has 5 heteroatoms.